The zero-order chi connectivity index (χ0) is 24.1. The summed E-state index contributed by atoms with van der Waals surface area (Å²) in [5.74, 6) is 1.20. The Morgan fingerprint density at radius 3 is 1.97 bits per heavy atom. The average Bonchev–Trinajstić information content (AvgIpc) is 2.78. The van der Waals surface area contributed by atoms with Crippen LogP contribution in [0.4, 0.5) is 39.3 Å². The van der Waals surface area contributed by atoms with Crippen molar-refractivity contribution in [2.45, 2.75) is 27.7 Å². The first-order chi connectivity index (χ1) is 16.3. The van der Waals surface area contributed by atoms with Crippen molar-refractivity contribution in [1.82, 2.24) is 9.97 Å². The zero-order valence-electron chi connectivity index (χ0n) is 19.7. The minimum atomic E-state index is -0.290. The van der Waals surface area contributed by atoms with Crippen LogP contribution in [0.1, 0.15) is 22.4 Å². The maximum absolute atomic E-state index is 12.4. The number of aryl methyl sites for hydroxylation is 4. The Morgan fingerprint density at radius 1 is 0.647 bits per heavy atom. The van der Waals surface area contributed by atoms with Gasteiger partial charge in [0.15, 0.2) is 0 Å². The number of hydrogen-bond acceptors (Lipinski definition) is 5. The molecular weight excluding hydrogens is 424 g/mol. The third-order valence-corrected chi connectivity index (χ3v) is 5.21. The molecule has 0 atom stereocenters. The van der Waals surface area contributed by atoms with Crippen molar-refractivity contribution < 1.29 is 4.79 Å². The lowest BCUT2D eigenvalue weighted by Gasteiger charge is -2.12. The molecule has 0 radical (unpaired) electrons. The third-order valence-electron chi connectivity index (χ3n) is 5.21. The highest BCUT2D eigenvalue weighted by Gasteiger charge is 2.07. The van der Waals surface area contributed by atoms with Crippen molar-refractivity contribution >= 4 is 40.5 Å². The van der Waals surface area contributed by atoms with Gasteiger partial charge >= 0.3 is 6.03 Å². The number of benzene rings is 3. The van der Waals surface area contributed by atoms with E-state index in [1.165, 1.54) is 5.56 Å². The molecule has 3 aromatic carbocycles. The smallest absolute Gasteiger partial charge is 0.323 e. The number of nitrogens with one attached hydrogen (secondary N) is 4. The molecule has 0 bridgehead atoms. The Kier molecular flexibility index (Phi) is 6.73. The van der Waals surface area contributed by atoms with Crippen LogP contribution in [0.15, 0.2) is 72.8 Å². The summed E-state index contributed by atoms with van der Waals surface area (Å²) in [6.45, 7) is 7.97. The summed E-state index contributed by atoms with van der Waals surface area (Å²) in [6.07, 6.45) is 0. The molecule has 4 N–H and O–H groups in total. The van der Waals surface area contributed by atoms with Gasteiger partial charge in [-0.2, -0.15) is 4.98 Å². The molecule has 0 fully saturated rings. The van der Waals surface area contributed by atoms with Crippen LogP contribution >= 0.6 is 0 Å². The monoisotopic (exact) mass is 452 g/mol. The molecule has 0 aliphatic carbocycles. The molecule has 7 heteroatoms. The number of carbonyl (C=O) groups excluding carboxylic acids is 1. The Hall–Kier alpha value is -4.39. The molecule has 4 rings (SSSR count). The maximum Gasteiger partial charge on any atom is 0.323 e. The number of aromatic nitrogens is 2. The lowest BCUT2D eigenvalue weighted by molar-refractivity contribution is 0.262. The van der Waals surface area contributed by atoms with Crippen LogP contribution in [0.3, 0.4) is 0 Å². The lowest BCUT2D eigenvalue weighted by atomic mass is 10.1. The van der Waals surface area contributed by atoms with E-state index >= 15 is 0 Å². The van der Waals surface area contributed by atoms with Gasteiger partial charge in [0.2, 0.25) is 5.95 Å². The molecule has 172 valence electrons. The molecule has 1 aromatic heterocycles. The second kappa shape index (κ2) is 10.0. The Labute approximate surface area is 199 Å². The first-order valence-corrected chi connectivity index (χ1v) is 11.1. The van der Waals surface area contributed by atoms with Crippen molar-refractivity contribution in [3.05, 3.63) is 95.2 Å². The summed E-state index contributed by atoms with van der Waals surface area (Å²) in [5, 5.41) is 12.3. The summed E-state index contributed by atoms with van der Waals surface area (Å²) in [4.78, 5) is 21.4. The number of hydrogen-bond donors (Lipinski definition) is 4. The van der Waals surface area contributed by atoms with Crippen LogP contribution in [0.5, 0.6) is 0 Å². The number of carbonyl (C=O) groups is 1. The van der Waals surface area contributed by atoms with Crippen molar-refractivity contribution in [3.8, 4) is 0 Å². The Balaban J connectivity index is 1.38. The fraction of sp³-hybridized carbons (Fsp3) is 0.148. The zero-order valence-corrected chi connectivity index (χ0v) is 19.7. The molecule has 0 aliphatic rings. The van der Waals surface area contributed by atoms with Crippen LogP contribution in [0.25, 0.3) is 0 Å². The maximum atomic E-state index is 12.4. The molecule has 4 aromatic rings. The van der Waals surface area contributed by atoms with E-state index in [1.54, 1.807) is 0 Å². The van der Waals surface area contributed by atoms with E-state index in [2.05, 4.69) is 38.2 Å². The van der Waals surface area contributed by atoms with E-state index in [9.17, 15) is 4.79 Å². The summed E-state index contributed by atoms with van der Waals surface area (Å²) < 4.78 is 0. The van der Waals surface area contributed by atoms with E-state index in [1.807, 2.05) is 93.6 Å². The van der Waals surface area contributed by atoms with Gasteiger partial charge < -0.3 is 21.3 Å². The molecule has 0 aliphatic heterocycles. The number of nitrogens with zero attached hydrogens (tertiary/aromatic N) is 2. The van der Waals surface area contributed by atoms with Gasteiger partial charge in [0.25, 0.3) is 0 Å². The average molecular weight is 453 g/mol. The molecule has 0 unspecified atom stereocenters. The predicted molar refractivity (Wildman–Crippen MR) is 140 cm³/mol. The minimum Gasteiger partial charge on any atom is -0.340 e. The van der Waals surface area contributed by atoms with Gasteiger partial charge in [-0.15, -0.1) is 0 Å². The van der Waals surface area contributed by atoms with Gasteiger partial charge in [0.1, 0.15) is 5.82 Å². The quantitative estimate of drug-likeness (QED) is 0.257. The van der Waals surface area contributed by atoms with Crippen LogP contribution in [-0.4, -0.2) is 16.0 Å². The fourth-order valence-corrected chi connectivity index (χ4v) is 3.48. The van der Waals surface area contributed by atoms with Crippen LogP contribution < -0.4 is 21.3 Å². The highest BCUT2D eigenvalue weighted by Crippen LogP contribution is 2.21. The van der Waals surface area contributed by atoms with Gasteiger partial charge in [-0.25, -0.2) is 9.78 Å². The standard InChI is InChI=1S/C27H28N6O/c1-17-5-8-21(9-6-17)29-25-16-20(4)28-26(33-25)30-22-10-12-23(13-11-22)31-27(34)32-24-14-7-18(2)15-19(24)3/h5-16H,1-4H3,(H2,31,32,34)(H2,28,29,30,33). The van der Waals surface area contributed by atoms with Gasteiger partial charge in [-0.1, -0.05) is 35.4 Å². The summed E-state index contributed by atoms with van der Waals surface area (Å²) in [7, 11) is 0. The number of urea groups is 1. The first-order valence-electron chi connectivity index (χ1n) is 11.1. The SMILES string of the molecule is Cc1ccc(Nc2cc(C)nc(Nc3ccc(NC(=O)Nc4ccc(C)cc4C)cc3)n2)cc1. The van der Waals surface area contributed by atoms with Crippen molar-refractivity contribution in [1.29, 1.82) is 0 Å². The van der Waals surface area contributed by atoms with Gasteiger partial charge in [-0.05, 0) is 75.7 Å². The second-order valence-corrected chi connectivity index (χ2v) is 8.31. The molecule has 0 saturated heterocycles. The Bertz CT molecular complexity index is 1300. The van der Waals surface area contributed by atoms with Crippen LogP contribution in [0, 0.1) is 27.7 Å². The fourth-order valence-electron chi connectivity index (χ4n) is 3.48. The molecule has 34 heavy (non-hydrogen) atoms. The van der Waals surface area contributed by atoms with E-state index in [0.29, 0.717) is 17.5 Å². The normalized spacial score (nSPS) is 10.5. The van der Waals surface area contributed by atoms with Crippen molar-refractivity contribution in [3.63, 3.8) is 0 Å². The highest BCUT2D eigenvalue weighted by molar-refractivity contribution is 6.00. The number of rotatable bonds is 6. The van der Waals surface area contributed by atoms with Crippen LogP contribution in [0.2, 0.25) is 0 Å². The number of amides is 2. The predicted octanol–water partition coefficient (Wildman–Crippen LogP) is 6.84. The molecular formula is C27H28N6O. The largest absolute Gasteiger partial charge is 0.340 e. The minimum absolute atomic E-state index is 0.290. The molecule has 1 heterocycles. The van der Waals surface area contributed by atoms with E-state index in [0.717, 1.165) is 33.9 Å². The highest BCUT2D eigenvalue weighted by atomic mass is 16.2. The molecule has 0 saturated carbocycles. The summed E-state index contributed by atoms with van der Waals surface area (Å²) in [6, 6.07) is 23.0. The second-order valence-electron chi connectivity index (χ2n) is 8.31. The summed E-state index contributed by atoms with van der Waals surface area (Å²) >= 11 is 0. The molecule has 7 nitrogen and oxygen atoms in total. The third kappa shape index (κ3) is 6.10. The Morgan fingerprint density at radius 2 is 1.26 bits per heavy atom. The van der Waals surface area contributed by atoms with E-state index < -0.39 is 0 Å². The molecule has 2 amide bonds. The van der Waals surface area contributed by atoms with E-state index in [-0.39, 0.29) is 6.03 Å². The van der Waals surface area contributed by atoms with Gasteiger partial charge in [0.05, 0.1) is 0 Å². The summed E-state index contributed by atoms with van der Waals surface area (Å²) in [5.41, 5.74) is 7.45. The first kappa shape index (κ1) is 22.8. The number of anilines is 6. The molecule has 0 spiro atoms. The van der Waals surface area contributed by atoms with Gasteiger partial charge in [0, 0.05) is 34.5 Å². The van der Waals surface area contributed by atoms with Crippen LogP contribution in [-0.2, 0) is 0 Å². The van der Waals surface area contributed by atoms with Crippen molar-refractivity contribution in [2.75, 3.05) is 21.3 Å². The topological polar surface area (TPSA) is 91.0 Å². The van der Waals surface area contributed by atoms with E-state index in [4.69, 9.17) is 0 Å². The van der Waals surface area contributed by atoms with Gasteiger partial charge in [-0.3, -0.25) is 0 Å². The lowest BCUT2D eigenvalue weighted by Crippen LogP contribution is -2.19. The van der Waals surface area contributed by atoms with Crippen molar-refractivity contribution in [2.24, 2.45) is 0 Å².